The van der Waals surface area contributed by atoms with Crippen molar-refractivity contribution in [2.45, 2.75) is 12.3 Å². The molecule has 0 aliphatic rings. The van der Waals surface area contributed by atoms with E-state index in [0.29, 0.717) is 30.1 Å². The van der Waals surface area contributed by atoms with Gasteiger partial charge in [-0.1, -0.05) is 18.2 Å². The van der Waals surface area contributed by atoms with Gasteiger partial charge in [-0.25, -0.2) is 0 Å². The minimum absolute atomic E-state index is 0.357. The van der Waals surface area contributed by atoms with Gasteiger partial charge < -0.3 is 24.2 Å². The molecule has 2 aromatic carbocycles. The number of benzene rings is 2. The number of carboxylic acids is 1. The fourth-order valence-electron chi connectivity index (χ4n) is 2.76. The number of aliphatic carboxylic acids is 1. The molecule has 6 heteroatoms. The zero-order chi connectivity index (χ0) is 19.8. The summed E-state index contributed by atoms with van der Waals surface area (Å²) in [7, 11) is 7.06. The van der Waals surface area contributed by atoms with Gasteiger partial charge in [0.25, 0.3) is 0 Å². The van der Waals surface area contributed by atoms with Crippen molar-refractivity contribution in [1.29, 1.82) is 0 Å². The molecule has 0 amide bonds. The van der Waals surface area contributed by atoms with Crippen LogP contribution in [0, 0.1) is 0 Å². The highest BCUT2D eigenvalue weighted by atomic mass is 16.5. The van der Waals surface area contributed by atoms with E-state index in [0.717, 1.165) is 17.9 Å². The molecular weight excluding hydrogens is 346 g/mol. The van der Waals surface area contributed by atoms with Crippen molar-refractivity contribution >= 4 is 5.97 Å². The lowest BCUT2D eigenvalue weighted by atomic mass is 9.91. The van der Waals surface area contributed by atoms with Crippen LogP contribution in [0.1, 0.15) is 17.0 Å². The maximum atomic E-state index is 11.9. The summed E-state index contributed by atoms with van der Waals surface area (Å²) < 4.78 is 16.3. The van der Waals surface area contributed by atoms with Crippen LogP contribution in [-0.4, -0.2) is 57.4 Å². The van der Waals surface area contributed by atoms with Gasteiger partial charge in [0, 0.05) is 6.54 Å². The van der Waals surface area contributed by atoms with E-state index in [1.54, 1.807) is 25.3 Å². The molecule has 0 saturated heterocycles. The smallest absolute Gasteiger partial charge is 0.311 e. The highest BCUT2D eigenvalue weighted by Gasteiger charge is 2.22. The standard InChI is InChI=1S/C21H27NO5/c1-22(2)10-11-27-17-7-5-6-15(12-17)13-18(21(23)24)16-8-9-19(25-3)20(14-16)26-4/h5-9,12,14,18H,10-11,13H2,1-4H3,(H,23,24). The third-order valence-electron chi connectivity index (χ3n) is 4.25. The van der Waals surface area contributed by atoms with Crippen molar-refractivity contribution < 1.29 is 24.1 Å². The molecule has 0 bridgehead atoms. The van der Waals surface area contributed by atoms with Gasteiger partial charge in [-0.15, -0.1) is 0 Å². The van der Waals surface area contributed by atoms with Crippen molar-refractivity contribution in [3.63, 3.8) is 0 Å². The Labute approximate surface area is 160 Å². The fraction of sp³-hybridized carbons (Fsp3) is 0.381. The summed E-state index contributed by atoms with van der Waals surface area (Å²) in [4.78, 5) is 13.9. The Balaban J connectivity index is 2.18. The van der Waals surface area contributed by atoms with Gasteiger partial charge in [0.1, 0.15) is 12.4 Å². The molecule has 0 aliphatic carbocycles. The van der Waals surface area contributed by atoms with Gasteiger partial charge in [-0.05, 0) is 55.9 Å². The Bertz CT molecular complexity index is 760. The predicted octanol–water partition coefficient (Wildman–Crippen LogP) is 3.06. The van der Waals surface area contributed by atoms with Crippen molar-refractivity contribution in [2.24, 2.45) is 0 Å². The monoisotopic (exact) mass is 373 g/mol. The molecule has 27 heavy (non-hydrogen) atoms. The lowest BCUT2D eigenvalue weighted by molar-refractivity contribution is -0.138. The third kappa shape index (κ3) is 5.89. The van der Waals surface area contributed by atoms with Crippen molar-refractivity contribution in [1.82, 2.24) is 4.90 Å². The first-order valence-electron chi connectivity index (χ1n) is 8.75. The molecule has 2 aromatic rings. The van der Waals surface area contributed by atoms with E-state index >= 15 is 0 Å². The summed E-state index contributed by atoms with van der Waals surface area (Å²) >= 11 is 0. The number of nitrogens with zero attached hydrogens (tertiary/aromatic N) is 1. The molecule has 0 heterocycles. The molecule has 0 saturated carbocycles. The van der Waals surface area contributed by atoms with Crippen molar-refractivity contribution in [3.8, 4) is 17.2 Å². The summed E-state index contributed by atoms with van der Waals surface area (Å²) in [6.07, 6.45) is 0.357. The molecule has 1 N–H and O–H groups in total. The molecule has 0 radical (unpaired) electrons. The summed E-state index contributed by atoms with van der Waals surface area (Å²) in [6.45, 7) is 1.39. The number of carboxylic acid groups (broad SMARTS) is 1. The Morgan fingerprint density at radius 3 is 2.44 bits per heavy atom. The van der Waals surface area contributed by atoms with Gasteiger partial charge in [-0.3, -0.25) is 4.79 Å². The van der Waals surface area contributed by atoms with Gasteiger partial charge in [0.2, 0.25) is 0 Å². The zero-order valence-corrected chi connectivity index (χ0v) is 16.3. The molecule has 2 rings (SSSR count). The van der Waals surface area contributed by atoms with Gasteiger partial charge in [0.15, 0.2) is 11.5 Å². The van der Waals surface area contributed by atoms with Crippen LogP contribution in [0.2, 0.25) is 0 Å². The van der Waals surface area contributed by atoms with Gasteiger partial charge in [0.05, 0.1) is 20.1 Å². The normalized spacial score (nSPS) is 11.9. The topological polar surface area (TPSA) is 68.2 Å². The number of methoxy groups -OCH3 is 2. The molecule has 6 nitrogen and oxygen atoms in total. The molecule has 0 aliphatic heterocycles. The molecule has 146 valence electrons. The van der Waals surface area contributed by atoms with Crippen LogP contribution in [0.15, 0.2) is 42.5 Å². The number of hydrogen-bond donors (Lipinski definition) is 1. The van der Waals surface area contributed by atoms with E-state index in [-0.39, 0.29) is 0 Å². The molecule has 0 spiro atoms. The average Bonchev–Trinajstić information content (AvgIpc) is 2.65. The third-order valence-corrected chi connectivity index (χ3v) is 4.25. The van der Waals surface area contributed by atoms with Crippen LogP contribution >= 0.6 is 0 Å². The number of hydrogen-bond acceptors (Lipinski definition) is 5. The van der Waals surface area contributed by atoms with E-state index in [1.807, 2.05) is 43.3 Å². The van der Waals surface area contributed by atoms with E-state index < -0.39 is 11.9 Å². The highest BCUT2D eigenvalue weighted by molar-refractivity contribution is 5.77. The lowest BCUT2D eigenvalue weighted by Crippen LogP contribution is -2.19. The molecule has 1 unspecified atom stereocenters. The van der Waals surface area contributed by atoms with Crippen LogP contribution in [0.3, 0.4) is 0 Å². The maximum Gasteiger partial charge on any atom is 0.311 e. The molecular formula is C21H27NO5. The second kappa shape index (κ2) is 9.83. The minimum atomic E-state index is -0.888. The van der Waals surface area contributed by atoms with Crippen LogP contribution in [-0.2, 0) is 11.2 Å². The Kier molecular flexibility index (Phi) is 7.49. The van der Waals surface area contributed by atoms with Crippen LogP contribution in [0.25, 0.3) is 0 Å². The molecule has 0 fully saturated rings. The summed E-state index contributed by atoms with van der Waals surface area (Å²) in [5.41, 5.74) is 1.57. The number of rotatable bonds is 10. The molecule has 1 atom stereocenters. The van der Waals surface area contributed by atoms with E-state index in [9.17, 15) is 9.90 Å². The van der Waals surface area contributed by atoms with Crippen LogP contribution in [0.5, 0.6) is 17.2 Å². The average molecular weight is 373 g/mol. The van der Waals surface area contributed by atoms with Gasteiger partial charge in [-0.2, -0.15) is 0 Å². The number of carbonyl (C=O) groups is 1. The van der Waals surface area contributed by atoms with E-state index in [4.69, 9.17) is 14.2 Å². The van der Waals surface area contributed by atoms with Crippen molar-refractivity contribution in [3.05, 3.63) is 53.6 Å². The second-order valence-corrected chi connectivity index (χ2v) is 6.51. The number of ether oxygens (including phenoxy) is 3. The first kappa shape index (κ1) is 20.6. The Morgan fingerprint density at radius 1 is 1.07 bits per heavy atom. The van der Waals surface area contributed by atoms with E-state index in [2.05, 4.69) is 0 Å². The first-order valence-corrected chi connectivity index (χ1v) is 8.75. The fourth-order valence-corrected chi connectivity index (χ4v) is 2.76. The van der Waals surface area contributed by atoms with E-state index in [1.165, 1.54) is 7.11 Å². The quantitative estimate of drug-likeness (QED) is 0.690. The molecule has 0 aromatic heterocycles. The maximum absolute atomic E-state index is 11.9. The lowest BCUT2D eigenvalue weighted by Gasteiger charge is -2.16. The van der Waals surface area contributed by atoms with Crippen molar-refractivity contribution in [2.75, 3.05) is 41.5 Å². The first-order chi connectivity index (χ1) is 12.9. The zero-order valence-electron chi connectivity index (χ0n) is 16.3. The SMILES string of the molecule is COc1ccc(C(Cc2cccc(OCCN(C)C)c2)C(=O)O)cc1OC. The highest BCUT2D eigenvalue weighted by Crippen LogP contribution is 2.32. The largest absolute Gasteiger partial charge is 0.493 e. The minimum Gasteiger partial charge on any atom is -0.493 e. The summed E-state index contributed by atoms with van der Waals surface area (Å²) in [5.74, 6) is 0.248. The number of likely N-dealkylation sites (N-methyl/N-ethyl adjacent to an activating group) is 1. The van der Waals surface area contributed by atoms with Gasteiger partial charge >= 0.3 is 5.97 Å². The Hall–Kier alpha value is -2.73. The summed E-state index contributed by atoms with van der Waals surface area (Å²) in [6, 6.07) is 12.8. The predicted molar refractivity (Wildman–Crippen MR) is 104 cm³/mol. The van der Waals surface area contributed by atoms with Crippen LogP contribution in [0.4, 0.5) is 0 Å². The van der Waals surface area contributed by atoms with Crippen LogP contribution < -0.4 is 14.2 Å². The summed E-state index contributed by atoms with van der Waals surface area (Å²) in [5, 5.41) is 9.74. The second-order valence-electron chi connectivity index (χ2n) is 6.51. The Morgan fingerprint density at radius 2 is 1.81 bits per heavy atom.